The van der Waals surface area contributed by atoms with E-state index >= 15 is 0 Å². The van der Waals surface area contributed by atoms with Crippen molar-refractivity contribution in [3.05, 3.63) is 11.6 Å². The molecule has 0 amide bonds. The molecular weight excluding hydrogens is 144 g/mol. The van der Waals surface area contributed by atoms with Crippen molar-refractivity contribution in [1.29, 1.82) is 0 Å². The van der Waals surface area contributed by atoms with E-state index < -0.39 is 5.97 Å². The first-order valence-corrected chi connectivity index (χ1v) is 3.75. The Morgan fingerprint density at radius 1 is 1.55 bits per heavy atom. The molecule has 0 aliphatic heterocycles. The smallest absolute Gasteiger partial charge is 0.331 e. The maximum atomic E-state index is 10.4. The lowest BCUT2D eigenvalue weighted by Gasteiger charge is -1.98. The van der Waals surface area contributed by atoms with Gasteiger partial charge in [0, 0.05) is 5.57 Å². The number of carboxylic acids is 1. The Labute approximate surface area is 66.4 Å². The van der Waals surface area contributed by atoms with Crippen LogP contribution in [-0.4, -0.2) is 22.8 Å². The van der Waals surface area contributed by atoms with Crippen molar-refractivity contribution >= 4 is 5.97 Å². The minimum Gasteiger partial charge on any atom is -0.478 e. The predicted molar refractivity (Wildman–Crippen MR) is 42.3 cm³/mol. The molecular formula is C8H14O3. The van der Waals surface area contributed by atoms with E-state index in [1.807, 2.05) is 6.92 Å². The van der Waals surface area contributed by atoms with Gasteiger partial charge >= 0.3 is 5.97 Å². The Morgan fingerprint density at radius 2 is 2.18 bits per heavy atom. The van der Waals surface area contributed by atoms with Crippen LogP contribution in [0, 0.1) is 0 Å². The molecule has 0 aliphatic carbocycles. The standard InChI is InChI=1S/C8H14O3/c1-2-3-4-7(5-6-9)8(10)11/h5,9H,2-4,6H2,1H3,(H,10,11)/b7-5-. The maximum Gasteiger partial charge on any atom is 0.331 e. The Morgan fingerprint density at radius 3 is 2.55 bits per heavy atom. The third-order valence-corrected chi connectivity index (χ3v) is 1.41. The predicted octanol–water partition coefficient (Wildman–Crippen LogP) is 1.18. The van der Waals surface area contributed by atoms with Crippen LogP contribution in [0.25, 0.3) is 0 Å². The van der Waals surface area contributed by atoms with Crippen LogP contribution in [-0.2, 0) is 4.79 Å². The van der Waals surface area contributed by atoms with E-state index in [-0.39, 0.29) is 6.61 Å². The highest BCUT2D eigenvalue weighted by Crippen LogP contribution is 2.06. The summed E-state index contributed by atoms with van der Waals surface area (Å²) in [6.07, 6.45) is 3.72. The Balaban J connectivity index is 3.90. The van der Waals surface area contributed by atoms with Gasteiger partial charge in [-0.2, -0.15) is 0 Å². The summed E-state index contributed by atoms with van der Waals surface area (Å²) in [6, 6.07) is 0. The van der Waals surface area contributed by atoms with Gasteiger partial charge in [0.15, 0.2) is 0 Å². The molecule has 3 nitrogen and oxygen atoms in total. The minimum atomic E-state index is -0.924. The van der Waals surface area contributed by atoms with Gasteiger partial charge in [-0.25, -0.2) is 4.79 Å². The third-order valence-electron chi connectivity index (χ3n) is 1.41. The fourth-order valence-electron chi connectivity index (χ4n) is 0.774. The largest absolute Gasteiger partial charge is 0.478 e. The summed E-state index contributed by atoms with van der Waals surface area (Å²) in [6.45, 7) is 1.81. The average molecular weight is 158 g/mol. The lowest BCUT2D eigenvalue weighted by Crippen LogP contribution is -2.01. The van der Waals surface area contributed by atoms with Gasteiger partial charge in [0.25, 0.3) is 0 Å². The number of aliphatic hydroxyl groups excluding tert-OH is 1. The van der Waals surface area contributed by atoms with Gasteiger partial charge in [-0.3, -0.25) is 0 Å². The molecule has 0 rings (SSSR count). The Kier molecular flexibility index (Phi) is 5.47. The molecule has 0 spiro atoms. The molecule has 3 heteroatoms. The quantitative estimate of drug-likeness (QED) is 0.591. The topological polar surface area (TPSA) is 57.5 Å². The second-order valence-electron chi connectivity index (χ2n) is 2.32. The van der Waals surface area contributed by atoms with Crippen molar-refractivity contribution in [2.45, 2.75) is 26.2 Å². The lowest BCUT2D eigenvalue weighted by atomic mass is 10.1. The SMILES string of the molecule is CCCC/C(=C/CO)C(=O)O. The second kappa shape index (κ2) is 5.92. The molecule has 64 valence electrons. The summed E-state index contributed by atoms with van der Waals surface area (Å²) in [5.41, 5.74) is 0.314. The molecule has 0 unspecified atom stereocenters. The summed E-state index contributed by atoms with van der Waals surface area (Å²) < 4.78 is 0. The number of unbranched alkanes of at least 4 members (excludes halogenated alkanes) is 1. The van der Waals surface area contributed by atoms with Crippen molar-refractivity contribution in [3.8, 4) is 0 Å². The molecule has 0 aromatic heterocycles. The van der Waals surface area contributed by atoms with Gasteiger partial charge in [0.2, 0.25) is 0 Å². The maximum absolute atomic E-state index is 10.4. The van der Waals surface area contributed by atoms with E-state index in [0.29, 0.717) is 12.0 Å². The zero-order valence-corrected chi connectivity index (χ0v) is 6.71. The number of carboxylic acid groups (broad SMARTS) is 1. The Bertz CT molecular complexity index is 149. The molecule has 0 heterocycles. The molecule has 0 saturated carbocycles. The number of hydrogen-bond donors (Lipinski definition) is 2. The van der Waals surface area contributed by atoms with E-state index in [4.69, 9.17) is 10.2 Å². The number of carbonyl (C=O) groups is 1. The summed E-state index contributed by atoms with van der Waals surface area (Å²) in [5.74, 6) is -0.924. The monoisotopic (exact) mass is 158 g/mol. The second-order valence-corrected chi connectivity index (χ2v) is 2.32. The average Bonchev–Trinajstić information content (AvgIpc) is 1.97. The minimum absolute atomic E-state index is 0.189. The molecule has 0 fully saturated rings. The van der Waals surface area contributed by atoms with Gasteiger partial charge in [-0.1, -0.05) is 13.3 Å². The first-order chi connectivity index (χ1) is 5.22. The van der Waals surface area contributed by atoms with Crippen LogP contribution in [0.5, 0.6) is 0 Å². The van der Waals surface area contributed by atoms with Gasteiger partial charge in [0.1, 0.15) is 0 Å². The number of aliphatic carboxylic acids is 1. The van der Waals surface area contributed by atoms with Crippen molar-refractivity contribution in [2.24, 2.45) is 0 Å². The van der Waals surface area contributed by atoms with E-state index in [0.717, 1.165) is 12.8 Å². The van der Waals surface area contributed by atoms with Gasteiger partial charge in [-0.05, 0) is 18.9 Å². The van der Waals surface area contributed by atoms with Gasteiger partial charge < -0.3 is 10.2 Å². The van der Waals surface area contributed by atoms with Crippen molar-refractivity contribution < 1.29 is 15.0 Å². The van der Waals surface area contributed by atoms with Crippen LogP contribution >= 0.6 is 0 Å². The van der Waals surface area contributed by atoms with E-state index in [1.165, 1.54) is 6.08 Å². The number of rotatable bonds is 5. The number of aliphatic hydroxyl groups is 1. The Hall–Kier alpha value is -0.830. The van der Waals surface area contributed by atoms with Crippen LogP contribution in [0.1, 0.15) is 26.2 Å². The van der Waals surface area contributed by atoms with E-state index in [9.17, 15) is 4.79 Å². The van der Waals surface area contributed by atoms with Crippen LogP contribution in [0.3, 0.4) is 0 Å². The van der Waals surface area contributed by atoms with Crippen LogP contribution in [0.2, 0.25) is 0 Å². The van der Waals surface area contributed by atoms with Crippen molar-refractivity contribution in [3.63, 3.8) is 0 Å². The van der Waals surface area contributed by atoms with Crippen LogP contribution in [0.15, 0.2) is 11.6 Å². The van der Waals surface area contributed by atoms with Crippen molar-refractivity contribution in [1.82, 2.24) is 0 Å². The lowest BCUT2D eigenvalue weighted by molar-refractivity contribution is -0.132. The highest BCUT2D eigenvalue weighted by molar-refractivity contribution is 5.86. The highest BCUT2D eigenvalue weighted by atomic mass is 16.4. The van der Waals surface area contributed by atoms with E-state index in [1.54, 1.807) is 0 Å². The van der Waals surface area contributed by atoms with E-state index in [2.05, 4.69) is 0 Å². The summed E-state index contributed by atoms with van der Waals surface area (Å²) in [5, 5.41) is 17.0. The highest BCUT2D eigenvalue weighted by Gasteiger charge is 2.04. The molecule has 2 N–H and O–H groups in total. The molecule has 0 atom stereocenters. The zero-order valence-electron chi connectivity index (χ0n) is 6.71. The number of hydrogen-bond acceptors (Lipinski definition) is 2. The summed E-state index contributed by atoms with van der Waals surface area (Å²) in [7, 11) is 0. The van der Waals surface area contributed by atoms with Crippen LogP contribution in [0.4, 0.5) is 0 Å². The first-order valence-electron chi connectivity index (χ1n) is 3.75. The zero-order chi connectivity index (χ0) is 8.69. The molecule has 0 aliphatic rings. The summed E-state index contributed by atoms with van der Waals surface area (Å²) in [4.78, 5) is 10.4. The first kappa shape index (κ1) is 10.2. The molecule has 0 aromatic rings. The van der Waals surface area contributed by atoms with Crippen LogP contribution < -0.4 is 0 Å². The molecule has 0 bridgehead atoms. The van der Waals surface area contributed by atoms with Gasteiger partial charge in [-0.15, -0.1) is 0 Å². The third kappa shape index (κ3) is 4.56. The summed E-state index contributed by atoms with van der Waals surface area (Å²) >= 11 is 0. The van der Waals surface area contributed by atoms with Crippen molar-refractivity contribution in [2.75, 3.05) is 6.61 Å². The molecule has 0 saturated heterocycles. The molecule has 11 heavy (non-hydrogen) atoms. The molecule has 0 radical (unpaired) electrons. The van der Waals surface area contributed by atoms with Gasteiger partial charge in [0.05, 0.1) is 6.61 Å². The molecule has 0 aromatic carbocycles. The fraction of sp³-hybridized carbons (Fsp3) is 0.625. The fourth-order valence-corrected chi connectivity index (χ4v) is 0.774. The normalized spacial score (nSPS) is 11.6.